The molecule has 0 saturated heterocycles. The fraction of sp³-hybridized carbons (Fsp3) is 0.476. The number of carbonyl (C=O) groups is 1. The molecule has 0 heterocycles. The molecule has 2 aromatic rings. The Hall–Kier alpha value is -2.03. The van der Waals surface area contributed by atoms with Crippen molar-refractivity contribution in [3.63, 3.8) is 0 Å². The molecule has 128 valence electrons. The Balaban J connectivity index is 1.78. The number of urea groups is 1. The van der Waals surface area contributed by atoms with Gasteiger partial charge in [0.05, 0.1) is 5.69 Å². The second kappa shape index (κ2) is 8.18. The summed E-state index contributed by atoms with van der Waals surface area (Å²) in [6, 6.07) is 14.8. The molecule has 0 spiro atoms. The number of anilines is 1. The Morgan fingerprint density at radius 1 is 1.08 bits per heavy atom. The van der Waals surface area contributed by atoms with Crippen LogP contribution in [0.25, 0.3) is 10.8 Å². The molecule has 3 nitrogen and oxygen atoms in total. The van der Waals surface area contributed by atoms with Crippen LogP contribution in [0.4, 0.5) is 10.5 Å². The van der Waals surface area contributed by atoms with Crippen LogP contribution in [0, 0.1) is 0 Å². The second-order valence-corrected chi connectivity index (χ2v) is 6.80. The molecule has 0 bridgehead atoms. The minimum Gasteiger partial charge on any atom is -0.322 e. The van der Waals surface area contributed by atoms with Gasteiger partial charge in [-0.15, -0.1) is 0 Å². The quantitative estimate of drug-likeness (QED) is 0.740. The minimum atomic E-state index is 0.0618. The number of fused-ring (bicyclic) bond motifs is 1. The Bertz CT molecular complexity index is 671. The summed E-state index contributed by atoms with van der Waals surface area (Å²) >= 11 is 0. The number of nitrogens with one attached hydrogen (secondary N) is 1. The third-order valence-corrected chi connectivity index (χ3v) is 5.06. The second-order valence-electron chi connectivity index (χ2n) is 6.80. The molecule has 0 unspecified atom stereocenters. The molecule has 24 heavy (non-hydrogen) atoms. The highest BCUT2D eigenvalue weighted by atomic mass is 16.2. The van der Waals surface area contributed by atoms with Gasteiger partial charge in [-0.3, -0.25) is 0 Å². The lowest BCUT2D eigenvalue weighted by Crippen LogP contribution is -2.44. The van der Waals surface area contributed by atoms with Crippen LogP contribution in [-0.2, 0) is 0 Å². The highest BCUT2D eigenvalue weighted by molar-refractivity contribution is 6.01. The molecule has 1 aliphatic rings. The standard InChI is InChI=1S/C21H28N2O/c1-2-3-16-23(18-12-5-4-6-13-18)21(24)22-20-15-9-11-17-10-7-8-14-19(17)20/h7-11,14-15,18H,2-6,12-13,16H2,1H3,(H,22,24). The summed E-state index contributed by atoms with van der Waals surface area (Å²) in [5, 5.41) is 5.44. The topological polar surface area (TPSA) is 32.3 Å². The van der Waals surface area contributed by atoms with Gasteiger partial charge in [-0.05, 0) is 30.7 Å². The van der Waals surface area contributed by atoms with Crippen molar-refractivity contribution >= 4 is 22.5 Å². The molecular formula is C21H28N2O. The van der Waals surface area contributed by atoms with E-state index in [4.69, 9.17) is 0 Å². The zero-order valence-electron chi connectivity index (χ0n) is 14.6. The zero-order chi connectivity index (χ0) is 16.8. The van der Waals surface area contributed by atoms with Crippen molar-refractivity contribution in [2.24, 2.45) is 0 Å². The lowest BCUT2D eigenvalue weighted by atomic mass is 9.94. The molecule has 2 aromatic carbocycles. The number of unbranched alkanes of at least 4 members (excludes halogenated alkanes) is 1. The predicted octanol–water partition coefficient (Wildman–Crippen LogP) is 5.81. The molecule has 0 aliphatic heterocycles. The van der Waals surface area contributed by atoms with Crippen molar-refractivity contribution in [1.82, 2.24) is 4.90 Å². The number of nitrogens with zero attached hydrogens (tertiary/aromatic N) is 1. The maximum atomic E-state index is 13.0. The van der Waals surface area contributed by atoms with Gasteiger partial charge in [0.25, 0.3) is 0 Å². The van der Waals surface area contributed by atoms with Gasteiger partial charge in [0.2, 0.25) is 0 Å². The van der Waals surface area contributed by atoms with Gasteiger partial charge >= 0.3 is 6.03 Å². The van der Waals surface area contributed by atoms with Gasteiger partial charge in [-0.1, -0.05) is 69.0 Å². The van der Waals surface area contributed by atoms with Crippen molar-refractivity contribution in [1.29, 1.82) is 0 Å². The summed E-state index contributed by atoms with van der Waals surface area (Å²) in [5.74, 6) is 0. The Kier molecular flexibility index (Phi) is 5.73. The van der Waals surface area contributed by atoms with Crippen molar-refractivity contribution in [2.45, 2.75) is 57.9 Å². The van der Waals surface area contributed by atoms with Crippen molar-refractivity contribution in [3.8, 4) is 0 Å². The van der Waals surface area contributed by atoms with E-state index in [2.05, 4.69) is 35.3 Å². The average molecular weight is 324 g/mol. The summed E-state index contributed by atoms with van der Waals surface area (Å²) in [7, 11) is 0. The van der Waals surface area contributed by atoms with Crippen LogP contribution in [0.5, 0.6) is 0 Å². The summed E-state index contributed by atoms with van der Waals surface area (Å²) in [5.41, 5.74) is 0.912. The Morgan fingerprint density at radius 3 is 2.62 bits per heavy atom. The van der Waals surface area contributed by atoms with Crippen LogP contribution < -0.4 is 5.32 Å². The maximum absolute atomic E-state index is 13.0. The molecule has 0 atom stereocenters. The van der Waals surface area contributed by atoms with Gasteiger partial charge in [0.1, 0.15) is 0 Å². The smallest absolute Gasteiger partial charge is 0.322 e. The van der Waals surface area contributed by atoms with Gasteiger partial charge in [0, 0.05) is 18.0 Å². The molecule has 3 heteroatoms. The molecule has 0 aromatic heterocycles. The SMILES string of the molecule is CCCCN(C(=O)Nc1cccc2ccccc12)C1CCCCC1. The molecule has 0 radical (unpaired) electrons. The van der Waals surface area contributed by atoms with Crippen molar-refractivity contribution in [2.75, 3.05) is 11.9 Å². The number of hydrogen-bond acceptors (Lipinski definition) is 1. The lowest BCUT2D eigenvalue weighted by Gasteiger charge is -2.34. The van der Waals surface area contributed by atoms with Crippen LogP contribution in [0.15, 0.2) is 42.5 Å². The van der Waals surface area contributed by atoms with E-state index in [1.54, 1.807) is 0 Å². The van der Waals surface area contributed by atoms with Gasteiger partial charge in [-0.25, -0.2) is 4.79 Å². The number of rotatable bonds is 5. The highest BCUT2D eigenvalue weighted by Gasteiger charge is 2.25. The molecule has 1 saturated carbocycles. The first kappa shape index (κ1) is 16.8. The van der Waals surface area contributed by atoms with Crippen LogP contribution in [0.3, 0.4) is 0 Å². The third-order valence-electron chi connectivity index (χ3n) is 5.06. The Labute approximate surface area is 145 Å². The lowest BCUT2D eigenvalue weighted by molar-refractivity contribution is 0.166. The van der Waals surface area contributed by atoms with E-state index in [-0.39, 0.29) is 6.03 Å². The summed E-state index contributed by atoms with van der Waals surface area (Å²) < 4.78 is 0. The summed E-state index contributed by atoms with van der Waals surface area (Å²) in [4.78, 5) is 15.1. The third kappa shape index (κ3) is 3.89. The van der Waals surface area contributed by atoms with Gasteiger partial charge in [0.15, 0.2) is 0 Å². The molecule has 2 amide bonds. The average Bonchev–Trinajstić information content (AvgIpc) is 2.63. The summed E-state index contributed by atoms with van der Waals surface area (Å²) in [6.45, 7) is 3.04. The van der Waals surface area contributed by atoms with Crippen molar-refractivity contribution in [3.05, 3.63) is 42.5 Å². The fourth-order valence-corrected chi connectivity index (χ4v) is 3.69. The molecule has 3 rings (SSSR count). The van der Waals surface area contributed by atoms with Gasteiger partial charge in [-0.2, -0.15) is 0 Å². The van der Waals surface area contributed by atoms with E-state index in [0.29, 0.717) is 6.04 Å². The van der Waals surface area contributed by atoms with E-state index in [0.717, 1.165) is 48.7 Å². The van der Waals surface area contributed by atoms with Crippen LogP contribution in [0.1, 0.15) is 51.9 Å². The van der Waals surface area contributed by atoms with Crippen LogP contribution >= 0.6 is 0 Å². The monoisotopic (exact) mass is 324 g/mol. The van der Waals surface area contributed by atoms with Crippen LogP contribution in [-0.4, -0.2) is 23.5 Å². The van der Waals surface area contributed by atoms with E-state index >= 15 is 0 Å². The van der Waals surface area contributed by atoms with E-state index in [9.17, 15) is 4.79 Å². The fourth-order valence-electron chi connectivity index (χ4n) is 3.69. The first-order valence-electron chi connectivity index (χ1n) is 9.35. The zero-order valence-corrected chi connectivity index (χ0v) is 14.6. The molecule has 1 N–H and O–H groups in total. The maximum Gasteiger partial charge on any atom is 0.322 e. The van der Waals surface area contributed by atoms with E-state index in [1.165, 1.54) is 19.3 Å². The first-order chi connectivity index (χ1) is 11.8. The number of carbonyl (C=O) groups excluding carboxylic acids is 1. The van der Waals surface area contributed by atoms with Crippen LogP contribution in [0.2, 0.25) is 0 Å². The summed E-state index contributed by atoms with van der Waals surface area (Å²) in [6.07, 6.45) is 8.27. The predicted molar refractivity (Wildman–Crippen MR) is 101 cm³/mol. The van der Waals surface area contributed by atoms with Crippen molar-refractivity contribution < 1.29 is 4.79 Å². The number of benzene rings is 2. The minimum absolute atomic E-state index is 0.0618. The normalized spacial score (nSPS) is 15.4. The number of hydrogen-bond donors (Lipinski definition) is 1. The largest absolute Gasteiger partial charge is 0.322 e. The molecule has 1 aliphatic carbocycles. The first-order valence-corrected chi connectivity index (χ1v) is 9.35. The Morgan fingerprint density at radius 2 is 1.83 bits per heavy atom. The molecular weight excluding hydrogens is 296 g/mol. The highest BCUT2D eigenvalue weighted by Crippen LogP contribution is 2.26. The van der Waals surface area contributed by atoms with E-state index < -0.39 is 0 Å². The molecule has 1 fully saturated rings. The van der Waals surface area contributed by atoms with E-state index in [1.807, 2.05) is 24.3 Å². The van der Waals surface area contributed by atoms with Gasteiger partial charge < -0.3 is 10.2 Å². The number of amides is 2.